The van der Waals surface area contributed by atoms with Gasteiger partial charge in [0.1, 0.15) is 13.2 Å². The van der Waals surface area contributed by atoms with Crippen LogP contribution in [0.3, 0.4) is 0 Å². The van der Waals surface area contributed by atoms with E-state index in [4.69, 9.17) is 14.2 Å². The molecule has 1 aromatic rings. The van der Waals surface area contributed by atoms with Gasteiger partial charge in [-0.25, -0.2) is 4.79 Å². The van der Waals surface area contributed by atoms with Crippen molar-refractivity contribution in [2.24, 2.45) is 0 Å². The Bertz CT molecular complexity index is 590. The minimum absolute atomic E-state index is 0.116. The standard InChI is InChI=1S/C18H27N3O4/c1-13(21-5-7-23-8-6-21)12-19-18(22)20-14(2)15-3-4-16-17(11-15)25-10-9-24-16/h3-4,11,13-14H,5-10,12H2,1-2H3,(H2,19,20,22). The van der Waals surface area contributed by atoms with Gasteiger partial charge >= 0.3 is 6.03 Å². The zero-order chi connectivity index (χ0) is 17.6. The summed E-state index contributed by atoms with van der Waals surface area (Å²) in [5.41, 5.74) is 0.987. The minimum Gasteiger partial charge on any atom is -0.486 e. The van der Waals surface area contributed by atoms with Crippen LogP contribution in [0.15, 0.2) is 18.2 Å². The number of fused-ring (bicyclic) bond motifs is 1. The molecular weight excluding hydrogens is 322 g/mol. The zero-order valence-electron chi connectivity index (χ0n) is 14.9. The van der Waals surface area contributed by atoms with Crippen LogP contribution in [0, 0.1) is 0 Å². The van der Waals surface area contributed by atoms with Crippen molar-refractivity contribution in [3.8, 4) is 11.5 Å². The molecule has 2 heterocycles. The van der Waals surface area contributed by atoms with Crippen molar-refractivity contribution < 1.29 is 19.0 Å². The van der Waals surface area contributed by atoms with E-state index in [-0.39, 0.29) is 12.1 Å². The van der Waals surface area contributed by atoms with Gasteiger partial charge < -0.3 is 24.8 Å². The number of nitrogens with one attached hydrogen (secondary N) is 2. The van der Waals surface area contributed by atoms with Gasteiger partial charge in [-0.3, -0.25) is 4.90 Å². The third-order valence-electron chi connectivity index (χ3n) is 4.64. The zero-order valence-corrected chi connectivity index (χ0v) is 14.9. The van der Waals surface area contributed by atoms with E-state index in [9.17, 15) is 4.79 Å². The lowest BCUT2D eigenvalue weighted by atomic mass is 10.1. The topological polar surface area (TPSA) is 72.1 Å². The van der Waals surface area contributed by atoms with Gasteiger partial charge in [-0.05, 0) is 31.5 Å². The highest BCUT2D eigenvalue weighted by Gasteiger charge is 2.19. The lowest BCUT2D eigenvalue weighted by molar-refractivity contribution is 0.0209. The number of amides is 2. The van der Waals surface area contributed by atoms with Crippen LogP contribution in [0.5, 0.6) is 11.5 Å². The lowest BCUT2D eigenvalue weighted by Gasteiger charge is -2.32. The number of hydrogen-bond acceptors (Lipinski definition) is 5. The van der Waals surface area contributed by atoms with Crippen LogP contribution in [-0.2, 0) is 4.74 Å². The Morgan fingerprint density at radius 3 is 2.60 bits per heavy atom. The molecule has 1 fully saturated rings. The molecule has 2 aliphatic rings. The Morgan fingerprint density at radius 1 is 1.12 bits per heavy atom. The van der Waals surface area contributed by atoms with E-state index in [2.05, 4.69) is 22.5 Å². The molecule has 2 amide bonds. The highest BCUT2D eigenvalue weighted by Crippen LogP contribution is 2.32. The molecular formula is C18H27N3O4. The highest BCUT2D eigenvalue weighted by molar-refractivity contribution is 5.74. The van der Waals surface area contributed by atoms with Crippen molar-refractivity contribution in [3.05, 3.63) is 23.8 Å². The molecule has 2 atom stereocenters. The number of ether oxygens (including phenoxy) is 3. The van der Waals surface area contributed by atoms with Crippen LogP contribution in [-0.4, -0.2) is 63.0 Å². The number of benzene rings is 1. The molecule has 7 nitrogen and oxygen atoms in total. The summed E-state index contributed by atoms with van der Waals surface area (Å²) in [4.78, 5) is 14.5. The van der Waals surface area contributed by atoms with Crippen LogP contribution in [0.4, 0.5) is 4.79 Å². The number of carbonyl (C=O) groups excluding carboxylic acids is 1. The number of hydrogen-bond donors (Lipinski definition) is 2. The first-order valence-electron chi connectivity index (χ1n) is 8.89. The van der Waals surface area contributed by atoms with Crippen LogP contribution < -0.4 is 20.1 Å². The third kappa shape index (κ3) is 4.76. The summed E-state index contributed by atoms with van der Waals surface area (Å²) >= 11 is 0. The van der Waals surface area contributed by atoms with E-state index in [1.165, 1.54) is 0 Å². The number of carbonyl (C=O) groups is 1. The van der Waals surface area contributed by atoms with Crippen LogP contribution in [0.2, 0.25) is 0 Å². The van der Waals surface area contributed by atoms with Crippen molar-refractivity contribution in [2.45, 2.75) is 25.9 Å². The van der Waals surface area contributed by atoms with E-state index in [0.717, 1.165) is 43.4 Å². The normalized spacial score (nSPS) is 19.8. The van der Waals surface area contributed by atoms with Gasteiger partial charge in [0, 0.05) is 25.7 Å². The first-order valence-corrected chi connectivity index (χ1v) is 8.89. The molecule has 1 aromatic carbocycles. The second-order valence-corrected chi connectivity index (χ2v) is 6.48. The molecule has 2 aliphatic heterocycles. The average molecular weight is 349 g/mol. The van der Waals surface area contributed by atoms with Gasteiger partial charge in [-0.1, -0.05) is 6.07 Å². The van der Waals surface area contributed by atoms with E-state index in [1.54, 1.807) is 0 Å². The van der Waals surface area contributed by atoms with Gasteiger partial charge in [-0.2, -0.15) is 0 Å². The Kier molecular flexibility index (Phi) is 5.99. The van der Waals surface area contributed by atoms with E-state index >= 15 is 0 Å². The summed E-state index contributed by atoms with van der Waals surface area (Å²) < 4.78 is 16.5. The van der Waals surface area contributed by atoms with Crippen molar-refractivity contribution in [1.82, 2.24) is 15.5 Å². The third-order valence-corrected chi connectivity index (χ3v) is 4.64. The second-order valence-electron chi connectivity index (χ2n) is 6.48. The first-order chi connectivity index (χ1) is 12.1. The molecule has 2 N–H and O–H groups in total. The Labute approximate surface area is 148 Å². The fourth-order valence-corrected chi connectivity index (χ4v) is 3.05. The molecule has 1 saturated heterocycles. The summed E-state index contributed by atoms with van der Waals surface area (Å²) in [7, 11) is 0. The van der Waals surface area contributed by atoms with Gasteiger partial charge in [0.2, 0.25) is 0 Å². The summed E-state index contributed by atoms with van der Waals surface area (Å²) in [6.07, 6.45) is 0. The number of nitrogens with zero attached hydrogens (tertiary/aromatic N) is 1. The summed E-state index contributed by atoms with van der Waals surface area (Å²) in [5, 5.41) is 5.93. The second kappa shape index (κ2) is 8.40. The Morgan fingerprint density at radius 2 is 1.84 bits per heavy atom. The highest BCUT2D eigenvalue weighted by atomic mass is 16.6. The molecule has 0 spiro atoms. The largest absolute Gasteiger partial charge is 0.486 e. The Hall–Kier alpha value is -1.99. The van der Waals surface area contributed by atoms with E-state index in [1.807, 2.05) is 25.1 Å². The molecule has 0 aromatic heterocycles. The smallest absolute Gasteiger partial charge is 0.315 e. The van der Waals surface area contributed by atoms with Crippen molar-refractivity contribution >= 4 is 6.03 Å². The van der Waals surface area contributed by atoms with Crippen LogP contribution >= 0.6 is 0 Å². The predicted octanol–water partition coefficient (Wildman–Crippen LogP) is 1.54. The summed E-state index contributed by atoms with van der Waals surface area (Å²) in [6.45, 7) is 9.17. The first kappa shape index (κ1) is 17.8. The van der Waals surface area contributed by atoms with Crippen molar-refractivity contribution in [1.29, 1.82) is 0 Å². The minimum atomic E-state index is -0.164. The maximum absolute atomic E-state index is 12.2. The van der Waals surface area contributed by atoms with Crippen LogP contribution in [0.25, 0.3) is 0 Å². The number of urea groups is 1. The average Bonchev–Trinajstić information content (AvgIpc) is 2.66. The fourth-order valence-electron chi connectivity index (χ4n) is 3.05. The van der Waals surface area contributed by atoms with Crippen molar-refractivity contribution in [3.63, 3.8) is 0 Å². The summed E-state index contributed by atoms with van der Waals surface area (Å²) in [6, 6.07) is 5.78. The van der Waals surface area contributed by atoms with Crippen molar-refractivity contribution in [2.75, 3.05) is 46.1 Å². The molecule has 25 heavy (non-hydrogen) atoms. The molecule has 0 saturated carbocycles. The van der Waals surface area contributed by atoms with Gasteiger partial charge in [-0.15, -0.1) is 0 Å². The Balaban J connectivity index is 1.47. The van der Waals surface area contributed by atoms with Gasteiger partial charge in [0.25, 0.3) is 0 Å². The number of morpholine rings is 1. The van der Waals surface area contributed by atoms with Crippen LogP contribution in [0.1, 0.15) is 25.5 Å². The van der Waals surface area contributed by atoms with Gasteiger partial charge in [0.05, 0.1) is 19.3 Å². The van der Waals surface area contributed by atoms with E-state index in [0.29, 0.717) is 25.8 Å². The quantitative estimate of drug-likeness (QED) is 0.844. The summed E-state index contributed by atoms with van der Waals surface area (Å²) in [5.74, 6) is 1.49. The SMILES string of the molecule is CC(NC(=O)NCC(C)N1CCOCC1)c1ccc2c(c1)OCCO2. The van der Waals surface area contributed by atoms with E-state index < -0.39 is 0 Å². The molecule has 0 bridgehead atoms. The number of rotatable bonds is 5. The molecule has 0 aliphatic carbocycles. The molecule has 0 radical (unpaired) electrons. The monoisotopic (exact) mass is 349 g/mol. The molecule has 7 heteroatoms. The van der Waals surface area contributed by atoms with Gasteiger partial charge in [0.15, 0.2) is 11.5 Å². The lowest BCUT2D eigenvalue weighted by Crippen LogP contribution is -2.49. The maximum Gasteiger partial charge on any atom is 0.315 e. The maximum atomic E-state index is 12.2. The fraction of sp³-hybridized carbons (Fsp3) is 0.611. The molecule has 2 unspecified atom stereocenters. The molecule has 3 rings (SSSR count). The molecule has 138 valence electrons. The predicted molar refractivity (Wildman–Crippen MR) is 94.2 cm³/mol.